The lowest BCUT2D eigenvalue weighted by Gasteiger charge is -2.29. The molecule has 2 heterocycles. The second-order valence-electron chi connectivity index (χ2n) is 4.92. The molecule has 2 aromatic rings. The number of nitrogens with two attached hydrogens (primary N) is 1. The Morgan fingerprint density at radius 2 is 2.11 bits per heavy atom. The van der Waals surface area contributed by atoms with Crippen LogP contribution in [-0.4, -0.2) is 23.4 Å². The third kappa shape index (κ3) is 1.65. The Morgan fingerprint density at radius 1 is 1.28 bits per heavy atom. The standard InChI is InChI=1S/C14H18N4/c1-17-8-4-6-10-5-3-7-11(14(10)17)12-9-13(15)18(2)16-12/h3,5,7,9H,4,6,8,15H2,1-2H3. The summed E-state index contributed by atoms with van der Waals surface area (Å²) in [6, 6.07) is 8.39. The van der Waals surface area contributed by atoms with Gasteiger partial charge in [0.15, 0.2) is 0 Å². The third-order valence-corrected chi connectivity index (χ3v) is 3.63. The smallest absolute Gasteiger partial charge is 0.121 e. The molecule has 0 fully saturated rings. The highest BCUT2D eigenvalue weighted by Gasteiger charge is 2.19. The normalized spacial score (nSPS) is 14.7. The van der Waals surface area contributed by atoms with Crippen LogP contribution in [0.4, 0.5) is 11.5 Å². The van der Waals surface area contributed by atoms with Gasteiger partial charge in [-0.3, -0.25) is 4.68 Å². The fourth-order valence-corrected chi connectivity index (χ4v) is 2.68. The number of aryl methyl sites for hydroxylation is 2. The van der Waals surface area contributed by atoms with E-state index in [1.54, 1.807) is 4.68 Å². The highest BCUT2D eigenvalue weighted by Crippen LogP contribution is 2.36. The Balaban J connectivity index is 2.18. The maximum absolute atomic E-state index is 5.88. The molecule has 18 heavy (non-hydrogen) atoms. The van der Waals surface area contributed by atoms with Crippen molar-refractivity contribution in [3.8, 4) is 11.3 Å². The highest BCUT2D eigenvalue weighted by molar-refractivity contribution is 5.80. The predicted octanol–water partition coefficient (Wildman–Crippen LogP) is 2.05. The number of nitrogen functional groups attached to an aromatic ring is 1. The van der Waals surface area contributed by atoms with E-state index in [4.69, 9.17) is 5.73 Å². The lowest BCUT2D eigenvalue weighted by Crippen LogP contribution is -2.25. The molecule has 4 heteroatoms. The van der Waals surface area contributed by atoms with Crippen LogP contribution in [0.3, 0.4) is 0 Å². The second kappa shape index (κ2) is 4.05. The van der Waals surface area contributed by atoms with Crippen LogP contribution in [0.15, 0.2) is 24.3 Å². The lowest BCUT2D eigenvalue weighted by molar-refractivity contribution is 0.744. The minimum absolute atomic E-state index is 0.695. The molecular formula is C14H18N4. The molecule has 0 radical (unpaired) electrons. The summed E-state index contributed by atoms with van der Waals surface area (Å²) in [6.07, 6.45) is 2.37. The average Bonchev–Trinajstić information content (AvgIpc) is 2.69. The molecule has 0 aliphatic carbocycles. The molecule has 94 valence electrons. The van der Waals surface area contributed by atoms with Crippen LogP contribution in [0.1, 0.15) is 12.0 Å². The molecule has 0 bridgehead atoms. The van der Waals surface area contributed by atoms with Crippen molar-refractivity contribution in [1.82, 2.24) is 9.78 Å². The zero-order valence-electron chi connectivity index (χ0n) is 10.8. The van der Waals surface area contributed by atoms with Gasteiger partial charge >= 0.3 is 0 Å². The fraction of sp³-hybridized carbons (Fsp3) is 0.357. The van der Waals surface area contributed by atoms with Crippen LogP contribution in [-0.2, 0) is 13.5 Å². The zero-order chi connectivity index (χ0) is 12.7. The van der Waals surface area contributed by atoms with Crippen molar-refractivity contribution in [2.75, 3.05) is 24.2 Å². The summed E-state index contributed by atoms with van der Waals surface area (Å²) in [5.41, 5.74) is 10.7. The molecule has 4 nitrogen and oxygen atoms in total. The van der Waals surface area contributed by atoms with Crippen molar-refractivity contribution in [2.45, 2.75) is 12.8 Å². The van der Waals surface area contributed by atoms with Crippen molar-refractivity contribution in [1.29, 1.82) is 0 Å². The molecule has 0 saturated carbocycles. The largest absolute Gasteiger partial charge is 0.384 e. The molecule has 0 amide bonds. The van der Waals surface area contributed by atoms with Gasteiger partial charge in [0.1, 0.15) is 5.82 Å². The summed E-state index contributed by atoms with van der Waals surface area (Å²) >= 11 is 0. The SMILES string of the molecule is CN1CCCc2cccc(-c3cc(N)n(C)n3)c21. The number of hydrogen-bond donors (Lipinski definition) is 1. The highest BCUT2D eigenvalue weighted by atomic mass is 15.3. The molecule has 1 aromatic carbocycles. The number of anilines is 2. The summed E-state index contributed by atoms with van der Waals surface area (Å²) in [5.74, 6) is 0.695. The number of fused-ring (bicyclic) bond motifs is 1. The van der Waals surface area contributed by atoms with Gasteiger partial charge in [-0.25, -0.2) is 0 Å². The third-order valence-electron chi connectivity index (χ3n) is 3.63. The van der Waals surface area contributed by atoms with Gasteiger partial charge in [0.25, 0.3) is 0 Å². The Bertz CT molecular complexity index is 566. The Labute approximate surface area is 107 Å². The van der Waals surface area contributed by atoms with Crippen molar-refractivity contribution in [3.63, 3.8) is 0 Å². The first-order valence-corrected chi connectivity index (χ1v) is 6.30. The first-order chi connectivity index (χ1) is 8.66. The molecule has 2 N–H and O–H groups in total. The number of nitrogens with zero attached hydrogens (tertiary/aromatic N) is 3. The van der Waals surface area contributed by atoms with Gasteiger partial charge in [0.2, 0.25) is 0 Å². The van der Waals surface area contributed by atoms with Gasteiger partial charge in [0, 0.05) is 38.0 Å². The fourth-order valence-electron chi connectivity index (χ4n) is 2.68. The quantitative estimate of drug-likeness (QED) is 0.832. The van der Waals surface area contributed by atoms with Gasteiger partial charge in [-0.2, -0.15) is 5.10 Å². The molecule has 0 unspecified atom stereocenters. The maximum atomic E-state index is 5.88. The lowest BCUT2D eigenvalue weighted by atomic mass is 9.97. The summed E-state index contributed by atoms with van der Waals surface area (Å²) in [6.45, 7) is 1.10. The van der Waals surface area contributed by atoms with Crippen LogP contribution >= 0.6 is 0 Å². The summed E-state index contributed by atoms with van der Waals surface area (Å²) in [7, 11) is 4.02. The van der Waals surface area contributed by atoms with Crippen LogP contribution in [0.2, 0.25) is 0 Å². The van der Waals surface area contributed by atoms with E-state index in [2.05, 4.69) is 35.2 Å². The predicted molar refractivity (Wildman–Crippen MR) is 74.6 cm³/mol. The first-order valence-electron chi connectivity index (χ1n) is 6.30. The Morgan fingerprint density at radius 3 is 2.83 bits per heavy atom. The molecule has 1 aliphatic heterocycles. The maximum Gasteiger partial charge on any atom is 0.121 e. The van der Waals surface area contributed by atoms with Crippen LogP contribution in [0, 0.1) is 0 Å². The minimum Gasteiger partial charge on any atom is -0.384 e. The van der Waals surface area contributed by atoms with E-state index in [0.29, 0.717) is 5.82 Å². The summed E-state index contributed by atoms with van der Waals surface area (Å²) in [4.78, 5) is 2.32. The van der Waals surface area contributed by atoms with E-state index in [-0.39, 0.29) is 0 Å². The molecule has 0 atom stereocenters. The molecule has 1 aromatic heterocycles. The van der Waals surface area contributed by atoms with E-state index in [0.717, 1.165) is 18.7 Å². The van der Waals surface area contributed by atoms with Crippen LogP contribution in [0.25, 0.3) is 11.3 Å². The van der Waals surface area contributed by atoms with E-state index in [1.165, 1.54) is 23.2 Å². The number of rotatable bonds is 1. The van der Waals surface area contributed by atoms with Crippen molar-refractivity contribution in [3.05, 3.63) is 29.8 Å². The minimum atomic E-state index is 0.695. The molecular weight excluding hydrogens is 224 g/mol. The van der Waals surface area contributed by atoms with Crippen molar-refractivity contribution < 1.29 is 0 Å². The van der Waals surface area contributed by atoms with Gasteiger partial charge in [-0.1, -0.05) is 18.2 Å². The summed E-state index contributed by atoms with van der Waals surface area (Å²) in [5, 5.41) is 4.49. The average molecular weight is 242 g/mol. The van der Waals surface area contributed by atoms with Gasteiger partial charge < -0.3 is 10.6 Å². The Kier molecular flexibility index (Phi) is 2.51. The first kappa shape index (κ1) is 11.1. The summed E-state index contributed by atoms with van der Waals surface area (Å²) < 4.78 is 1.72. The zero-order valence-corrected chi connectivity index (χ0v) is 10.8. The number of aromatic nitrogens is 2. The molecule has 3 rings (SSSR count). The second-order valence-corrected chi connectivity index (χ2v) is 4.92. The van der Waals surface area contributed by atoms with Gasteiger partial charge in [0.05, 0.1) is 5.69 Å². The molecule has 0 saturated heterocycles. The number of para-hydroxylation sites is 1. The van der Waals surface area contributed by atoms with E-state index < -0.39 is 0 Å². The number of benzene rings is 1. The molecule has 0 spiro atoms. The van der Waals surface area contributed by atoms with Crippen LogP contribution in [0.5, 0.6) is 0 Å². The molecule has 1 aliphatic rings. The van der Waals surface area contributed by atoms with Crippen molar-refractivity contribution in [2.24, 2.45) is 7.05 Å². The Hall–Kier alpha value is -1.97. The topological polar surface area (TPSA) is 47.1 Å². The monoisotopic (exact) mass is 242 g/mol. The number of hydrogen-bond acceptors (Lipinski definition) is 3. The van der Waals surface area contributed by atoms with Crippen LogP contribution < -0.4 is 10.6 Å². The van der Waals surface area contributed by atoms with E-state index in [1.807, 2.05) is 13.1 Å². The van der Waals surface area contributed by atoms with E-state index >= 15 is 0 Å². The van der Waals surface area contributed by atoms with Gasteiger partial charge in [-0.15, -0.1) is 0 Å². The van der Waals surface area contributed by atoms with Crippen molar-refractivity contribution >= 4 is 11.5 Å². The van der Waals surface area contributed by atoms with Gasteiger partial charge in [-0.05, 0) is 18.4 Å². The van der Waals surface area contributed by atoms with E-state index in [9.17, 15) is 0 Å².